The van der Waals surface area contributed by atoms with Crippen molar-refractivity contribution in [3.8, 4) is 5.75 Å². The third-order valence-electron chi connectivity index (χ3n) is 4.67. The van der Waals surface area contributed by atoms with Crippen molar-refractivity contribution in [2.75, 3.05) is 37.7 Å². The quantitative estimate of drug-likeness (QED) is 0.809. The largest absolute Gasteiger partial charge is 0.492 e. The molecule has 0 saturated carbocycles. The molecule has 2 rings (SSSR count). The number of nitrogens with zero attached hydrogens (tertiary/aromatic N) is 2. The molecule has 6 heteroatoms. The number of carbonyl (C=O) groups is 2. The Morgan fingerprint density at radius 2 is 1.77 bits per heavy atom. The van der Waals surface area contributed by atoms with Crippen molar-refractivity contribution in [3.05, 3.63) is 24.3 Å². The summed E-state index contributed by atoms with van der Waals surface area (Å²) in [6, 6.07) is 7.55. The second kappa shape index (κ2) is 9.46. The molecule has 1 fully saturated rings. The number of hydrogen-bond acceptors (Lipinski definition) is 4. The predicted molar refractivity (Wildman–Crippen MR) is 103 cm³/mol. The molecule has 1 heterocycles. The number of rotatable bonds is 7. The van der Waals surface area contributed by atoms with Crippen molar-refractivity contribution >= 4 is 17.5 Å². The van der Waals surface area contributed by atoms with Crippen molar-refractivity contribution < 1.29 is 14.3 Å². The van der Waals surface area contributed by atoms with Crippen LogP contribution in [0.3, 0.4) is 0 Å². The first kappa shape index (κ1) is 20.1. The van der Waals surface area contributed by atoms with E-state index in [9.17, 15) is 9.59 Å². The summed E-state index contributed by atoms with van der Waals surface area (Å²) in [7, 11) is 0. The van der Waals surface area contributed by atoms with Gasteiger partial charge in [0.1, 0.15) is 11.8 Å². The molecule has 6 nitrogen and oxygen atoms in total. The molecule has 0 aliphatic carbocycles. The first-order chi connectivity index (χ1) is 12.5. The standard InChI is InChI=1S/C20H31N3O3/c1-5-18(24)21-19(15(3)4)20(25)23-13-11-22(12-14-23)16-9-7-8-10-17(16)26-6-2/h7-10,15,19H,5-6,11-14H2,1-4H3,(H,21,24). The fraction of sp³-hybridized carbons (Fsp3) is 0.600. The Morgan fingerprint density at radius 3 is 2.35 bits per heavy atom. The van der Waals surface area contributed by atoms with Crippen LogP contribution in [0.5, 0.6) is 5.75 Å². The number of para-hydroxylation sites is 2. The van der Waals surface area contributed by atoms with Crippen molar-refractivity contribution in [1.29, 1.82) is 0 Å². The maximum atomic E-state index is 12.9. The molecule has 0 radical (unpaired) electrons. The molecule has 1 unspecified atom stereocenters. The van der Waals surface area contributed by atoms with Gasteiger partial charge < -0.3 is 19.9 Å². The van der Waals surface area contributed by atoms with Gasteiger partial charge in [0.05, 0.1) is 12.3 Å². The molecule has 0 aromatic heterocycles. The fourth-order valence-electron chi connectivity index (χ4n) is 3.15. The van der Waals surface area contributed by atoms with Crippen molar-refractivity contribution in [2.24, 2.45) is 5.92 Å². The molecule has 1 aliphatic rings. The summed E-state index contributed by atoms with van der Waals surface area (Å²) < 4.78 is 5.72. The van der Waals surface area contributed by atoms with Crippen LogP contribution in [0.2, 0.25) is 0 Å². The number of hydrogen-bond donors (Lipinski definition) is 1. The van der Waals surface area contributed by atoms with E-state index in [1.165, 1.54) is 0 Å². The Kier molecular flexibility index (Phi) is 7.30. The molecular formula is C20H31N3O3. The molecule has 1 aromatic rings. The van der Waals surface area contributed by atoms with Crippen LogP contribution in [-0.2, 0) is 9.59 Å². The Balaban J connectivity index is 2.01. The van der Waals surface area contributed by atoms with E-state index in [-0.39, 0.29) is 17.7 Å². The van der Waals surface area contributed by atoms with Gasteiger partial charge in [0.15, 0.2) is 0 Å². The van der Waals surface area contributed by atoms with Gasteiger partial charge in [-0.3, -0.25) is 9.59 Å². The van der Waals surface area contributed by atoms with Gasteiger partial charge in [-0.1, -0.05) is 32.9 Å². The van der Waals surface area contributed by atoms with Gasteiger partial charge >= 0.3 is 0 Å². The zero-order valence-electron chi connectivity index (χ0n) is 16.3. The minimum Gasteiger partial charge on any atom is -0.492 e. The molecule has 1 aliphatic heterocycles. The average molecular weight is 361 g/mol. The van der Waals surface area contributed by atoms with E-state index in [2.05, 4.69) is 16.3 Å². The molecule has 0 spiro atoms. The smallest absolute Gasteiger partial charge is 0.245 e. The maximum absolute atomic E-state index is 12.9. The summed E-state index contributed by atoms with van der Waals surface area (Å²) in [6.07, 6.45) is 0.387. The van der Waals surface area contributed by atoms with Crippen LogP contribution < -0.4 is 15.0 Å². The predicted octanol–water partition coefficient (Wildman–Crippen LogP) is 2.28. The van der Waals surface area contributed by atoms with Gasteiger partial charge in [-0.15, -0.1) is 0 Å². The lowest BCUT2D eigenvalue weighted by Gasteiger charge is -2.38. The molecule has 2 amide bonds. The molecular weight excluding hydrogens is 330 g/mol. The number of anilines is 1. The third kappa shape index (κ3) is 4.90. The monoisotopic (exact) mass is 361 g/mol. The number of nitrogens with one attached hydrogen (secondary N) is 1. The van der Waals surface area contributed by atoms with E-state index >= 15 is 0 Å². The van der Waals surface area contributed by atoms with E-state index < -0.39 is 6.04 Å². The molecule has 0 bridgehead atoms. The van der Waals surface area contributed by atoms with Gasteiger partial charge in [-0.2, -0.15) is 0 Å². The van der Waals surface area contributed by atoms with Crippen LogP contribution in [-0.4, -0.2) is 55.5 Å². The lowest BCUT2D eigenvalue weighted by Crippen LogP contribution is -2.56. The first-order valence-corrected chi connectivity index (χ1v) is 9.52. The molecule has 144 valence electrons. The van der Waals surface area contributed by atoms with Crippen LogP contribution in [0.4, 0.5) is 5.69 Å². The SMILES string of the molecule is CCOc1ccccc1N1CCN(C(=O)C(NC(=O)CC)C(C)C)CC1. The number of amides is 2. The number of benzene rings is 1. The summed E-state index contributed by atoms with van der Waals surface area (Å²) in [5.74, 6) is 0.876. The molecule has 1 saturated heterocycles. The fourth-order valence-corrected chi connectivity index (χ4v) is 3.15. The Morgan fingerprint density at radius 1 is 1.12 bits per heavy atom. The molecule has 1 atom stereocenters. The topological polar surface area (TPSA) is 61.9 Å². The summed E-state index contributed by atoms with van der Waals surface area (Å²) in [5.41, 5.74) is 1.07. The minimum absolute atomic E-state index is 0.0135. The highest BCUT2D eigenvalue weighted by Crippen LogP contribution is 2.29. The maximum Gasteiger partial charge on any atom is 0.245 e. The normalized spacial score (nSPS) is 15.7. The molecule has 26 heavy (non-hydrogen) atoms. The first-order valence-electron chi connectivity index (χ1n) is 9.52. The highest BCUT2D eigenvalue weighted by molar-refractivity contribution is 5.88. The number of carbonyl (C=O) groups excluding carboxylic acids is 2. The van der Waals surface area contributed by atoms with E-state index in [0.29, 0.717) is 26.1 Å². The summed E-state index contributed by atoms with van der Waals surface area (Å²) in [4.78, 5) is 28.7. The Bertz CT molecular complexity index is 610. The zero-order chi connectivity index (χ0) is 19.1. The average Bonchev–Trinajstić information content (AvgIpc) is 2.66. The van der Waals surface area contributed by atoms with Crippen LogP contribution in [0.15, 0.2) is 24.3 Å². The summed E-state index contributed by atoms with van der Waals surface area (Å²) in [5, 5.41) is 2.87. The van der Waals surface area contributed by atoms with Crippen molar-refractivity contribution in [2.45, 2.75) is 40.2 Å². The van der Waals surface area contributed by atoms with Crippen LogP contribution in [0.25, 0.3) is 0 Å². The Hall–Kier alpha value is -2.24. The number of piperazine rings is 1. The second-order valence-electron chi connectivity index (χ2n) is 6.86. The van der Waals surface area contributed by atoms with E-state index in [1.807, 2.05) is 43.9 Å². The summed E-state index contributed by atoms with van der Waals surface area (Å²) >= 11 is 0. The van der Waals surface area contributed by atoms with Crippen LogP contribution >= 0.6 is 0 Å². The van der Waals surface area contributed by atoms with Gasteiger partial charge in [-0.25, -0.2) is 0 Å². The Labute approximate surface area is 156 Å². The van der Waals surface area contributed by atoms with Gasteiger partial charge in [0, 0.05) is 32.6 Å². The van der Waals surface area contributed by atoms with Gasteiger partial charge in [0.25, 0.3) is 0 Å². The van der Waals surface area contributed by atoms with Gasteiger partial charge in [0.2, 0.25) is 11.8 Å². The van der Waals surface area contributed by atoms with Crippen molar-refractivity contribution in [3.63, 3.8) is 0 Å². The lowest BCUT2D eigenvalue weighted by molar-refractivity contribution is -0.137. The third-order valence-corrected chi connectivity index (χ3v) is 4.67. The minimum atomic E-state index is -0.454. The van der Waals surface area contributed by atoms with Crippen LogP contribution in [0.1, 0.15) is 34.1 Å². The van der Waals surface area contributed by atoms with Gasteiger partial charge in [-0.05, 0) is 25.0 Å². The highest BCUT2D eigenvalue weighted by Gasteiger charge is 2.30. The zero-order valence-corrected chi connectivity index (χ0v) is 16.3. The van der Waals surface area contributed by atoms with Crippen molar-refractivity contribution in [1.82, 2.24) is 10.2 Å². The lowest BCUT2D eigenvalue weighted by atomic mass is 10.0. The second-order valence-corrected chi connectivity index (χ2v) is 6.86. The highest BCUT2D eigenvalue weighted by atomic mass is 16.5. The van der Waals surface area contributed by atoms with E-state index in [1.54, 1.807) is 6.92 Å². The summed E-state index contributed by atoms with van der Waals surface area (Å²) in [6.45, 7) is 11.1. The van der Waals surface area contributed by atoms with E-state index in [4.69, 9.17) is 4.74 Å². The number of ether oxygens (including phenoxy) is 1. The van der Waals surface area contributed by atoms with Crippen LogP contribution in [0, 0.1) is 5.92 Å². The molecule has 1 N–H and O–H groups in total. The van der Waals surface area contributed by atoms with E-state index in [0.717, 1.165) is 24.5 Å². The molecule has 1 aromatic carbocycles.